The molecule has 0 unspecified atom stereocenters. The fraction of sp³-hybridized carbons (Fsp3) is 0.389. The lowest BCUT2D eigenvalue weighted by Gasteiger charge is -2.24. The van der Waals surface area contributed by atoms with E-state index >= 15 is 0 Å². The third-order valence-corrected chi connectivity index (χ3v) is 5.30. The molecule has 2 aromatic heterocycles. The van der Waals surface area contributed by atoms with E-state index in [1.165, 1.54) is 11.1 Å². The lowest BCUT2D eigenvalue weighted by Crippen LogP contribution is -2.30. The highest BCUT2D eigenvalue weighted by Crippen LogP contribution is 2.28. The molecule has 0 saturated carbocycles. The zero-order valence-corrected chi connectivity index (χ0v) is 17.3. The number of hydrogen-bond acceptors (Lipinski definition) is 6. The average molecular weight is 435 g/mol. The molecule has 3 heterocycles. The number of nitrogens with one attached hydrogen (secondary N) is 2. The van der Waals surface area contributed by atoms with Gasteiger partial charge in [0.05, 0.1) is 10.0 Å². The summed E-state index contributed by atoms with van der Waals surface area (Å²) in [5.74, 6) is 0.893. The summed E-state index contributed by atoms with van der Waals surface area (Å²) < 4.78 is 1.50. The highest BCUT2D eigenvalue weighted by molar-refractivity contribution is 6.37. The van der Waals surface area contributed by atoms with Crippen molar-refractivity contribution in [2.24, 2.45) is 0 Å². The van der Waals surface area contributed by atoms with Gasteiger partial charge in [0.2, 0.25) is 17.7 Å². The van der Waals surface area contributed by atoms with Crippen LogP contribution in [0, 0.1) is 0 Å². The lowest BCUT2D eigenvalue weighted by atomic mass is 10.1. The minimum atomic E-state index is -0.497. The van der Waals surface area contributed by atoms with Crippen molar-refractivity contribution in [2.75, 3.05) is 23.3 Å². The lowest BCUT2D eigenvalue weighted by molar-refractivity contribution is 0.101. The van der Waals surface area contributed by atoms with Crippen LogP contribution in [0.3, 0.4) is 0 Å². The van der Waals surface area contributed by atoms with Gasteiger partial charge in [0.1, 0.15) is 11.5 Å². The van der Waals surface area contributed by atoms with E-state index in [4.69, 9.17) is 23.2 Å². The van der Waals surface area contributed by atoms with E-state index in [1.54, 1.807) is 18.2 Å². The Balaban J connectivity index is 1.55. The van der Waals surface area contributed by atoms with Crippen LogP contribution in [0.4, 0.5) is 11.9 Å². The molecule has 1 aliphatic heterocycles. The predicted octanol–water partition coefficient (Wildman–Crippen LogP) is 3.50. The molecule has 1 aliphatic rings. The topological polar surface area (TPSA) is 105 Å². The largest absolute Gasteiger partial charge is 0.340 e. The second kappa shape index (κ2) is 8.38. The Bertz CT molecular complexity index is 1000. The number of piperidine rings is 1. The van der Waals surface area contributed by atoms with Gasteiger partial charge >= 0.3 is 0 Å². The number of nitrogens with zero attached hydrogens (tertiary/aromatic N) is 6. The van der Waals surface area contributed by atoms with Gasteiger partial charge in [0.25, 0.3) is 5.91 Å². The summed E-state index contributed by atoms with van der Waals surface area (Å²) in [6, 6.07) is 5.16. The fourth-order valence-corrected chi connectivity index (χ4v) is 3.81. The smallest absolute Gasteiger partial charge is 0.297 e. The highest BCUT2D eigenvalue weighted by Gasteiger charge is 2.21. The van der Waals surface area contributed by atoms with E-state index < -0.39 is 5.91 Å². The van der Waals surface area contributed by atoms with Crippen LogP contribution in [0.5, 0.6) is 0 Å². The number of anilines is 2. The Labute approximate surface area is 177 Å². The minimum Gasteiger partial charge on any atom is -0.340 e. The Morgan fingerprint density at radius 3 is 2.59 bits per heavy atom. The van der Waals surface area contributed by atoms with E-state index in [1.807, 2.05) is 6.92 Å². The molecule has 3 aromatic rings. The van der Waals surface area contributed by atoms with Crippen molar-refractivity contribution < 1.29 is 4.79 Å². The molecule has 2 N–H and O–H groups in total. The highest BCUT2D eigenvalue weighted by atomic mass is 35.5. The number of benzene rings is 1. The van der Waals surface area contributed by atoms with Gasteiger partial charge in [0.15, 0.2) is 0 Å². The third kappa shape index (κ3) is 4.06. The fourth-order valence-electron chi connectivity index (χ4n) is 3.25. The standard InChI is InChI=1S/C18H20Cl2N8O/c1-2-13-21-15(26-28(13)14-11(19)7-6-8-12(14)20)16(29)22-17-23-18(25-24-17)27-9-4-3-5-10-27/h6-8H,2-5,9-10H2,1H3,(H2,22,23,24,25,29). The molecule has 9 nitrogen and oxygen atoms in total. The van der Waals surface area contributed by atoms with Gasteiger partial charge in [-0.05, 0) is 31.4 Å². The van der Waals surface area contributed by atoms with Gasteiger partial charge in [-0.1, -0.05) is 36.2 Å². The molecule has 152 valence electrons. The van der Waals surface area contributed by atoms with Crippen LogP contribution in [0.15, 0.2) is 18.2 Å². The van der Waals surface area contributed by atoms with Crippen LogP contribution >= 0.6 is 23.2 Å². The van der Waals surface area contributed by atoms with Gasteiger partial charge in [-0.2, -0.15) is 4.98 Å². The van der Waals surface area contributed by atoms with E-state index in [-0.39, 0.29) is 11.8 Å². The Morgan fingerprint density at radius 2 is 1.90 bits per heavy atom. The van der Waals surface area contributed by atoms with Crippen molar-refractivity contribution >= 4 is 41.0 Å². The zero-order chi connectivity index (χ0) is 20.4. The number of H-pyrrole nitrogens is 1. The second-order valence-electron chi connectivity index (χ2n) is 6.67. The van der Waals surface area contributed by atoms with Crippen molar-refractivity contribution in [3.05, 3.63) is 39.9 Å². The third-order valence-electron chi connectivity index (χ3n) is 4.69. The van der Waals surface area contributed by atoms with Gasteiger partial charge in [-0.15, -0.1) is 10.2 Å². The Kier molecular flexibility index (Phi) is 5.68. The Hall–Kier alpha value is -2.65. The molecule has 0 aliphatic carbocycles. The number of aryl methyl sites for hydroxylation is 1. The number of amides is 1. The first-order chi connectivity index (χ1) is 14.1. The van der Waals surface area contributed by atoms with Crippen LogP contribution in [0.2, 0.25) is 10.0 Å². The maximum atomic E-state index is 12.7. The summed E-state index contributed by atoms with van der Waals surface area (Å²) in [4.78, 5) is 23.4. The first-order valence-corrected chi connectivity index (χ1v) is 10.2. The monoisotopic (exact) mass is 434 g/mol. The number of rotatable bonds is 5. The van der Waals surface area contributed by atoms with Crippen LogP contribution in [-0.2, 0) is 6.42 Å². The molecule has 1 fully saturated rings. The predicted molar refractivity (Wildman–Crippen MR) is 111 cm³/mol. The number of aromatic nitrogens is 6. The first-order valence-electron chi connectivity index (χ1n) is 9.46. The number of aromatic amines is 1. The maximum Gasteiger partial charge on any atom is 0.297 e. The van der Waals surface area contributed by atoms with Gasteiger partial charge < -0.3 is 4.90 Å². The maximum absolute atomic E-state index is 12.7. The van der Waals surface area contributed by atoms with Gasteiger partial charge in [-0.25, -0.2) is 14.8 Å². The van der Waals surface area contributed by atoms with Gasteiger partial charge in [-0.3, -0.25) is 10.1 Å². The molecule has 1 aromatic carbocycles. The molecule has 0 bridgehead atoms. The van der Waals surface area contributed by atoms with Crippen molar-refractivity contribution in [1.29, 1.82) is 0 Å². The summed E-state index contributed by atoms with van der Waals surface area (Å²) in [5, 5.41) is 14.8. The van der Waals surface area contributed by atoms with Crippen molar-refractivity contribution in [2.45, 2.75) is 32.6 Å². The van der Waals surface area contributed by atoms with Crippen LogP contribution in [0.1, 0.15) is 42.6 Å². The van der Waals surface area contributed by atoms with Crippen LogP contribution in [0.25, 0.3) is 5.69 Å². The van der Waals surface area contributed by atoms with E-state index in [0.29, 0.717) is 33.9 Å². The normalized spacial score (nSPS) is 14.2. The van der Waals surface area contributed by atoms with Crippen molar-refractivity contribution in [3.63, 3.8) is 0 Å². The summed E-state index contributed by atoms with van der Waals surface area (Å²) in [6.07, 6.45) is 3.99. The van der Waals surface area contributed by atoms with E-state index in [2.05, 4.69) is 35.5 Å². The van der Waals surface area contributed by atoms with Crippen LogP contribution < -0.4 is 10.2 Å². The molecule has 1 amide bonds. The molecule has 0 spiro atoms. The molecule has 0 radical (unpaired) electrons. The number of carbonyl (C=O) groups excluding carboxylic acids is 1. The summed E-state index contributed by atoms with van der Waals surface area (Å²) in [7, 11) is 0. The second-order valence-corrected chi connectivity index (χ2v) is 7.49. The molecule has 0 atom stereocenters. The number of hydrogen-bond donors (Lipinski definition) is 2. The molecule has 1 saturated heterocycles. The molecular weight excluding hydrogens is 415 g/mol. The molecule has 29 heavy (non-hydrogen) atoms. The summed E-state index contributed by atoms with van der Waals surface area (Å²) >= 11 is 12.6. The molecule has 4 rings (SSSR count). The quantitative estimate of drug-likeness (QED) is 0.636. The number of carbonyl (C=O) groups is 1. The zero-order valence-electron chi connectivity index (χ0n) is 15.8. The van der Waals surface area contributed by atoms with Crippen molar-refractivity contribution in [1.82, 2.24) is 29.9 Å². The minimum absolute atomic E-state index is 0.00578. The molecule has 11 heteroatoms. The van der Waals surface area contributed by atoms with Crippen molar-refractivity contribution in [3.8, 4) is 5.69 Å². The summed E-state index contributed by atoms with van der Waals surface area (Å²) in [6.45, 7) is 3.74. The SMILES string of the molecule is CCc1nc(C(=O)Nc2nc(N3CCCCC3)n[nH]2)nn1-c1c(Cl)cccc1Cl. The average Bonchev–Trinajstić information content (AvgIpc) is 3.36. The van der Waals surface area contributed by atoms with E-state index in [0.717, 1.165) is 25.9 Å². The molecular formula is C18H20Cl2N8O. The number of halogens is 2. The first kappa shape index (κ1) is 19.7. The number of para-hydroxylation sites is 1. The van der Waals surface area contributed by atoms with E-state index in [9.17, 15) is 4.79 Å². The van der Waals surface area contributed by atoms with Crippen LogP contribution in [-0.4, -0.2) is 48.9 Å². The Morgan fingerprint density at radius 1 is 1.17 bits per heavy atom. The summed E-state index contributed by atoms with van der Waals surface area (Å²) in [5.41, 5.74) is 0.492. The van der Waals surface area contributed by atoms with Gasteiger partial charge in [0, 0.05) is 19.5 Å².